The average Bonchev–Trinajstić information content (AvgIpc) is 2.70. The van der Waals surface area contributed by atoms with Crippen LogP contribution in [-0.2, 0) is 30.4 Å². The van der Waals surface area contributed by atoms with Crippen LogP contribution in [0.2, 0.25) is 0 Å². The minimum atomic E-state index is -1.59. The first-order chi connectivity index (χ1) is 13.9. The van der Waals surface area contributed by atoms with Gasteiger partial charge in [-0.3, -0.25) is 9.59 Å². The van der Waals surface area contributed by atoms with Crippen LogP contribution >= 0.6 is 0 Å². The predicted octanol–water partition coefficient (Wildman–Crippen LogP) is 1.09. The summed E-state index contributed by atoms with van der Waals surface area (Å²) in [5.74, 6) is -1.21. The van der Waals surface area contributed by atoms with Gasteiger partial charge in [0, 0.05) is 12.8 Å². The Balaban J connectivity index is 2.19. The largest absolute Gasteiger partial charge is 0.457 e. The van der Waals surface area contributed by atoms with Crippen molar-refractivity contribution in [2.75, 3.05) is 0 Å². The molecule has 0 bridgehead atoms. The number of hydrogen-bond donors (Lipinski definition) is 3. The summed E-state index contributed by atoms with van der Waals surface area (Å²) >= 11 is 0. The van der Waals surface area contributed by atoms with Gasteiger partial charge < -0.3 is 29.5 Å². The van der Waals surface area contributed by atoms with E-state index in [9.17, 15) is 24.9 Å². The van der Waals surface area contributed by atoms with E-state index in [-0.39, 0.29) is 19.4 Å². The summed E-state index contributed by atoms with van der Waals surface area (Å²) in [6.07, 6.45) is -7.31. The molecule has 29 heavy (non-hydrogen) atoms. The van der Waals surface area contributed by atoms with Gasteiger partial charge in [-0.1, -0.05) is 44.2 Å². The summed E-state index contributed by atoms with van der Waals surface area (Å²) in [4.78, 5) is 23.9. The van der Waals surface area contributed by atoms with Crippen molar-refractivity contribution in [1.82, 2.24) is 0 Å². The minimum Gasteiger partial charge on any atom is -0.457 e. The van der Waals surface area contributed by atoms with Gasteiger partial charge in [-0.25, -0.2) is 0 Å². The monoisotopic (exact) mass is 410 g/mol. The van der Waals surface area contributed by atoms with E-state index >= 15 is 0 Å². The van der Waals surface area contributed by atoms with Gasteiger partial charge in [-0.15, -0.1) is 0 Å². The smallest absolute Gasteiger partial charge is 0.306 e. The van der Waals surface area contributed by atoms with Crippen molar-refractivity contribution in [3.05, 3.63) is 35.9 Å². The van der Waals surface area contributed by atoms with Gasteiger partial charge in [0.25, 0.3) is 0 Å². The van der Waals surface area contributed by atoms with Gasteiger partial charge in [-0.05, 0) is 18.4 Å². The fourth-order valence-corrected chi connectivity index (χ4v) is 3.24. The highest BCUT2D eigenvalue weighted by molar-refractivity contribution is 5.70. The molecule has 1 aromatic carbocycles. The number of carbonyl (C=O) groups is 2. The number of aliphatic hydroxyl groups excluding tert-OH is 3. The summed E-state index contributed by atoms with van der Waals surface area (Å²) < 4.78 is 16.2. The Hall–Kier alpha value is -2.00. The van der Waals surface area contributed by atoms with Crippen LogP contribution in [0.1, 0.15) is 45.1 Å². The average molecular weight is 410 g/mol. The molecule has 0 spiro atoms. The molecule has 0 heterocycles. The van der Waals surface area contributed by atoms with E-state index in [1.165, 1.54) is 0 Å². The number of esters is 2. The van der Waals surface area contributed by atoms with Crippen LogP contribution < -0.4 is 0 Å². The number of ether oxygens (including phenoxy) is 3. The van der Waals surface area contributed by atoms with Crippen LogP contribution in [0.15, 0.2) is 30.3 Å². The highest BCUT2D eigenvalue weighted by atomic mass is 16.6. The normalized spacial score (nSPS) is 29.3. The molecule has 2 rings (SSSR count). The molecule has 162 valence electrons. The Morgan fingerprint density at radius 1 is 0.793 bits per heavy atom. The lowest BCUT2D eigenvalue weighted by atomic mass is 9.84. The third kappa shape index (κ3) is 6.24. The molecule has 8 heteroatoms. The molecule has 0 aromatic heterocycles. The SMILES string of the molecule is CCCC(=O)O[C@@H]1C(O)[C@@H](OC(=O)CCC)[C@@H](O)C(OCc2ccccc2)[C@H]1O. The molecular weight excluding hydrogens is 380 g/mol. The molecule has 1 fully saturated rings. The maximum Gasteiger partial charge on any atom is 0.306 e. The van der Waals surface area contributed by atoms with E-state index in [1.807, 2.05) is 30.3 Å². The van der Waals surface area contributed by atoms with Crippen LogP contribution in [0.25, 0.3) is 0 Å². The number of hydrogen-bond acceptors (Lipinski definition) is 8. The first kappa shape index (κ1) is 23.3. The molecule has 0 amide bonds. The van der Waals surface area contributed by atoms with E-state index < -0.39 is 48.6 Å². The Kier molecular flexibility index (Phi) is 9.03. The number of aliphatic hydroxyl groups is 3. The second-order valence-electron chi connectivity index (χ2n) is 7.14. The molecule has 1 aliphatic carbocycles. The molecule has 0 aliphatic heterocycles. The second kappa shape index (κ2) is 11.3. The number of carbonyl (C=O) groups excluding carboxylic acids is 2. The lowest BCUT2D eigenvalue weighted by molar-refractivity contribution is -0.251. The van der Waals surface area contributed by atoms with E-state index in [1.54, 1.807) is 13.8 Å². The Bertz CT molecular complexity index is 615. The van der Waals surface area contributed by atoms with Gasteiger partial charge in [0.2, 0.25) is 0 Å². The molecule has 6 atom stereocenters. The lowest BCUT2D eigenvalue weighted by Gasteiger charge is -2.44. The van der Waals surface area contributed by atoms with Crippen molar-refractivity contribution in [1.29, 1.82) is 0 Å². The molecule has 8 nitrogen and oxygen atoms in total. The van der Waals surface area contributed by atoms with Gasteiger partial charge in [0.15, 0.2) is 12.2 Å². The molecule has 1 saturated carbocycles. The molecule has 1 aromatic rings. The zero-order valence-electron chi connectivity index (χ0n) is 16.8. The quantitative estimate of drug-likeness (QED) is 0.517. The van der Waals surface area contributed by atoms with E-state index in [2.05, 4.69) is 0 Å². The third-order valence-corrected chi connectivity index (χ3v) is 4.75. The fourth-order valence-electron chi connectivity index (χ4n) is 3.24. The summed E-state index contributed by atoms with van der Waals surface area (Å²) in [6, 6.07) is 9.11. The van der Waals surface area contributed by atoms with Gasteiger partial charge in [0.05, 0.1) is 6.61 Å². The number of rotatable bonds is 9. The molecule has 0 radical (unpaired) electrons. The van der Waals surface area contributed by atoms with Crippen LogP contribution in [0, 0.1) is 0 Å². The van der Waals surface area contributed by atoms with Crippen molar-refractivity contribution < 1.29 is 39.1 Å². The Morgan fingerprint density at radius 3 is 1.69 bits per heavy atom. The van der Waals surface area contributed by atoms with Gasteiger partial charge in [-0.2, -0.15) is 0 Å². The Morgan fingerprint density at radius 2 is 1.24 bits per heavy atom. The Labute approximate surface area is 170 Å². The summed E-state index contributed by atoms with van der Waals surface area (Å²) in [5.41, 5.74) is 0.803. The van der Waals surface area contributed by atoms with Crippen LogP contribution in [0.5, 0.6) is 0 Å². The first-order valence-electron chi connectivity index (χ1n) is 9.97. The standard InChI is InChI=1S/C21H30O8/c1-3-8-14(22)28-20-16(24)19(27-12-13-10-6-5-7-11-13)17(25)21(18(20)26)29-15(23)9-4-2/h5-7,10-11,16-21,24-26H,3-4,8-9,12H2,1-2H3/t16-,17+,18?,19?,20-,21-/m0/s1. The van der Waals surface area contributed by atoms with E-state index in [4.69, 9.17) is 14.2 Å². The predicted molar refractivity (Wildman–Crippen MR) is 103 cm³/mol. The maximum absolute atomic E-state index is 11.9. The van der Waals surface area contributed by atoms with Crippen molar-refractivity contribution in [3.8, 4) is 0 Å². The van der Waals surface area contributed by atoms with Gasteiger partial charge in [0.1, 0.15) is 24.4 Å². The van der Waals surface area contributed by atoms with Crippen molar-refractivity contribution in [3.63, 3.8) is 0 Å². The summed E-state index contributed by atoms with van der Waals surface area (Å²) in [5, 5.41) is 31.9. The van der Waals surface area contributed by atoms with E-state index in [0.29, 0.717) is 12.8 Å². The summed E-state index contributed by atoms with van der Waals surface area (Å²) in [7, 11) is 0. The maximum atomic E-state index is 11.9. The summed E-state index contributed by atoms with van der Waals surface area (Å²) in [6.45, 7) is 3.65. The molecule has 3 N–H and O–H groups in total. The molecule has 1 aliphatic rings. The molecular formula is C21H30O8. The topological polar surface area (TPSA) is 123 Å². The number of benzene rings is 1. The minimum absolute atomic E-state index is 0.0704. The zero-order chi connectivity index (χ0) is 21.4. The van der Waals surface area contributed by atoms with Crippen LogP contribution in [0.4, 0.5) is 0 Å². The second-order valence-corrected chi connectivity index (χ2v) is 7.14. The molecule has 2 unspecified atom stereocenters. The zero-order valence-corrected chi connectivity index (χ0v) is 16.8. The van der Waals surface area contributed by atoms with Crippen molar-refractivity contribution in [2.24, 2.45) is 0 Å². The highest BCUT2D eigenvalue weighted by Crippen LogP contribution is 2.29. The highest BCUT2D eigenvalue weighted by Gasteiger charge is 2.53. The van der Waals surface area contributed by atoms with Crippen molar-refractivity contribution >= 4 is 11.9 Å². The van der Waals surface area contributed by atoms with Gasteiger partial charge >= 0.3 is 11.9 Å². The van der Waals surface area contributed by atoms with Crippen LogP contribution in [0.3, 0.4) is 0 Å². The van der Waals surface area contributed by atoms with E-state index in [0.717, 1.165) is 5.56 Å². The third-order valence-electron chi connectivity index (χ3n) is 4.75. The fraction of sp³-hybridized carbons (Fsp3) is 0.619. The lowest BCUT2D eigenvalue weighted by Crippen LogP contribution is -2.66. The van der Waals surface area contributed by atoms with Crippen LogP contribution in [-0.4, -0.2) is 63.9 Å². The van der Waals surface area contributed by atoms with Crippen molar-refractivity contribution in [2.45, 2.75) is 82.8 Å². The first-order valence-corrected chi connectivity index (χ1v) is 9.97. The molecule has 0 saturated heterocycles.